The lowest BCUT2D eigenvalue weighted by Crippen LogP contribution is -2.36. The minimum atomic E-state index is -0.459. The predicted molar refractivity (Wildman–Crippen MR) is 113 cm³/mol. The maximum absolute atomic E-state index is 13.6. The lowest BCUT2D eigenvalue weighted by molar-refractivity contribution is 0.0304. The number of hydrogen-bond donors (Lipinski definition) is 1. The van der Waals surface area contributed by atoms with Crippen LogP contribution in [0.5, 0.6) is 0 Å². The molecule has 4 atom stereocenters. The van der Waals surface area contributed by atoms with Gasteiger partial charge in [-0.1, -0.05) is 13.0 Å². The number of likely N-dealkylation sites (tertiary alicyclic amines) is 1. The number of carbonyl (C=O) groups is 1. The Labute approximate surface area is 175 Å². The zero-order valence-electron chi connectivity index (χ0n) is 17.4. The number of carbonyl (C=O) groups excluding carboxylic acids is 1. The summed E-state index contributed by atoms with van der Waals surface area (Å²) in [5.74, 6) is 0.760. The first-order chi connectivity index (χ1) is 14.5. The normalized spacial score (nSPS) is 26.2. The summed E-state index contributed by atoms with van der Waals surface area (Å²) in [5, 5.41) is 15.8. The van der Waals surface area contributed by atoms with Crippen LogP contribution in [-0.4, -0.2) is 54.9 Å². The summed E-state index contributed by atoms with van der Waals surface area (Å²) in [6, 6.07) is 8.04. The van der Waals surface area contributed by atoms with Crippen molar-refractivity contribution in [3.63, 3.8) is 0 Å². The Hall–Kier alpha value is -2.80. The van der Waals surface area contributed by atoms with Crippen molar-refractivity contribution < 1.29 is 9.90 Å². The molecule has 3 aromatic rings. The molecule has 2 aromatic heterocycles. The number of nitrogens with zero attached hydrogens (tertiary/aromatic N) is 5. The summed E-state index contributed by atoms with van der Waals surface area (Å²) in [7, 11) is 0. The average Bonchev–Trinajstić information content (AvgIpc) is 3.41. The summed E-state index contributed by atoms with van der Waals surface area (Å²) in [4.78, 5) is 24.2. The first kappa shape index (κ1) is 19.2. The summed E-state index contributed by atoms with van der Waals surface area (Å²) >= 11 is 0. The Balaban J connectivity index is 1.42. The van der Waals surface area contributed by atoms with E-state index in [9.17, 15) is 9.90 Å². The first-order valence-corrected chi connectivity index (χ1v) is 10.7. The van der Waals surface area contributed by atoms with Crippen molar-refractivity contribution in [1.82, 2.24) is 24.6 Å². The Kier molecular flexibility index (Phi) is 4.77. The molecule has 0 radical (unpaired) electrons. The van der Waals surface area contributed by atoms with Crippen LogP contribution < -0.4 is 0 Å². The van der Waals surface area contributed by atoms with Crippen molar-refractivity contribution >= 4 is 16.8 Å². The van der Waals surface area contributed by atoms with Crippen LogP contribution in [0, 0.1) is 18.8 Å². The number of aliphatic hydroxyl groups is 1. The van der Waals surface area contributed by atoms with Crippen LogP contribution in [0.15, 0.2) is 36.9 Å². The van der Waals surface area contributed by atoms with Crippen molar-refractivity contribution in [2.75, 3.05) is 13.1 Å². The zero-order valence-corrected chi connectivity index (χ0v) is 17.4. The maximum Gasteiger partial charge on any atom is 0.254 e. The van der Waals surface area contributed by atoms with E-state index in [0.717, 1.165) is 41.5 Å². The van der Waals surface area contributed by atoms with E-state index in [-0.39, 0.29) is 11.9 Å². The molecule has 1 aromatic carbocycles. The standard InChI is InChI=1S/C23H27N5O2/c1-3-15-4-5-20-18(7-15)19(6-14(2)26-20)23(30)27-10-16-8-21(28-13-24-12-25-28)22(29)9-17(16)11-27/h4-7,12-13,16-17,21-22,29H,3,8-11H2,1-2H3/t16-,17+,21-,22-/m1/s1. The summed E-state index contributed by atoms with van der Waals surface area (Å²) in [6.07, 6.45) is 5.14. The molecule has 2 aliphatic rings. The predicted octanol–water partition coefficient (Wildman–Crippen LogP) is 2.78. The molecular weight excluding hydrogens is 378 g/mol. The lowest BCUT2D eigenvalue weighted by atomic mass is 9.77. The molecule has 0 spiro atoms. The van der Waals surface area contributed by atoms with Gasteiger partial charge in [0.1, 0.15) is 12.7 Å². The van der Waals surface area contributed by atoms with Crippen molar-refractivity contribution in [2.45, 2.75) is 45.3 Å². The number of aliphatic hydroxyl groups excluding tert-OH is 1. The largest absolute Gasteiger partial charge is 0.391 e. The number of aromatic nitrogens is 4. The molecule has 1 aliphatic heterocycles. The molecule has 0 bridgehead atoms. The third kappa shape index (κ3) is 3.27. The Morgan fingerprint density at radius 1 is 1.20 bits per heavy atom. The first-order valence-electron chi connectivity index (χ1n) is 10.7. The molecule has 1 N–H and O–H groups in total. The number of benzene rings is 1. The molecule has 0 unspecified atom stereocenters. The number of aryl methyl sites for hydroxylation is 2. The van der Waals surface area contributed by atoms with Crippen LogP contribution in [0.1, 0.15) is 47.4 Å². The maximum atomic E-state index is 13.6. The lowest BCUT2D eigenvalue weighted by Gasteiger charge is -2.34. The molecule has 5 rings (SSSR count). The Bertz CT molecular complexity index is 1080. The van der Waals surface area contributed by atoms with Gasteiger partial charge in [-0.3, -0.25) is 9.78 Å². The Morgan fingerprint density at radius 2 is 2.00 bits per heavy atom. The molecule has 7 nitrogen and oxygen atoms in total. The molecule has 1 amide bonds. The molecule has 30 heavy (non-hydrogen) atoms. The van der Waals surface area contributed by atoms with Crippen molar-refractivity contribution in [2.24, 2.45) is 11.8 Å². The molecule has 156 valence electrons. The topological polar surface area (TPSA) is 84.1 Å². The second-order valence-corrected chi connectivity index (χ2v) is 8.73. The minimum Gasteiger partial charge on any atom is -0.391 e. The average molecular weight is 406 g/mol. The third-order valence-corrected chi connectivity index (χ3v) is 6.81. The third-order valence-electron chi connectivity index (χ3n) is 6.81. The number of amides is 1. The summed E-state index contributed by atoms with van der Waals surface area (Å²) in [5.41, 5.74) is 3.66. The van der Waals surface area contributed by atoms with Gasteiger partial charge >= 0.3 is 0 Å². The van der Waals surface area contributed by atoms with E-state index in [2.05, 4.69) is 34.1 Å². The summed E-state index contributed by atoms with van der Waals surface area (Å²) < 4.78 is 1.76. The second kappa shape index (κ2) is 7.47. The van der Waals surface area contributed by atoms with Crippen LogP contribution in [-0.2, 0) is 6.42 Å². The molecule has 7 heteroatoms. The highest BCUT2D eigenvalue weighted by Gasteiger charge is 2.44. The van der Waals surface area contributed by atoms with Crippen LogP contribution in [0.2, 0.25) is 0 Å². The molecule has 3 heterocycles. The van der Waals surface area contributed by atoms with Gasteiger partial charge in [-0.25, -0.2) is 9.67 Å². The van der Waals surface area contributed by atoms with Crippen LogP contribution in [0.25, 0.3) is 10.9 Å². The minimum absolute atomic E-state index is 0.0694. The highest BCUT2D eigenvalue weighted by atomic mass is 16.3. The fourth-order valence-electron chi connectivity index (χ4n) is 5.22. The SMILES string of the molecule is CCc1ccc2nc(C)cc(C(=O)N3C[C@H]4C[C@@H](n5cncn5)[C@H](O)C[C@H]4C3)c2c1. The number of pyridine rings is 1. The number of hydrogen-bond acceptors (Lipinski definition) is 5. The monoisotopic (exact) mass is 405 g/mol. The van der Waals surface area contributed by atoms with E-state index in [1.165, 1.54) is 11.9 Å². The van der Waals surface area contributed by atoms with Crippen molar-refractivity contribution in [3.8, 4) is 0 Å². The van der Waals surface area contributed by atoms with Gasteiger partial charge in [0, 0.05) is 24.2 Å². The van der Waals surface area contributed by atoms with Gasteiger partial charge in [0.2, 0.25) is 0 Å². The fourth-order valence-corrected chi connectivity index (χ4v) is 5.22. The van der Waals surface area contributed by atoms with Gasteiger partial charge in [0.25, 0.3) is 5.91 Å². The Morgan fingerprint density at radius 3 is 2.73 bits per heavy atom. The van der Waals surface area contributed by atoms with E-state index in [4.69, 9.17) is 0 Å². The van der Waals surface area contributed by atoms with E-state index >= 15 is 0 Å². The second-order valence-electron chi connectivity index (χ2n) is 8.73. The van der Waals surface area contributed by atoms with E-state index in [0.29, 0.717) is 24.8 Å². The van der Waals surface area contributed by atoms with Gasteiger partial charge in [-0.15, -0.1) is 0 Å². The highest BCUT2D eigenvalue weighted by Crippen LogP contribution is 2.41. The fraction of sp³-hybridized carbons (Fsp3) is 0.478. The molecular formula is C23H27N5O2. The highest BCUT2D eigenvalue weighted by molar-refractivity contribution is 6.06. The van der Waals surface area contributed by atoms with Crippen LogP contribution in [0.4, 0.5) is 0 Å². The van der Waals surface area contributed by atoms with Crippen molar-refractivity contribution in [3.05, 3.63) is 53.7 Å². The van der Waals surface area contributed by atoms with Gasteiger partial charge in [-0.2, -0.15) is 5.10 Å². The van der Waals surface area contributed by atoms with Crippen LogP contribution >= 0.6 is 0 Å². The quantitative estimate of drug-likeness (QED) is 0.724. The number of rotatable bonds is 3. The number of fused-ring (bicyclic) bond motifs is 2. The van der Waals surface area contributed by atoms with E-state index in [1.54, 1.807) is 11.0 Å². The van der Waals surface area contributed by atoms with Gasteiger partial charge in [-0.05, 0) is 61.8 Å². The van der Waals surface area contributed by atoms with Gasteiger partial charge in [0.05, 0.1) is 23.2 Å². The van der Waals surface area contributed by atoms with Crippen LogP contribution in [0.3, 0.4) is 0 Å². The van der Waals surface area contributed by atoms with E-state index in [1.807, 2.05) is 24.0 Å². The van der Waals surface area contributed by atoms with E-state index < -0.39 is 6.10 Å². The molecule has 2 fully saturated rings. The molecule has 1 saturated carbocycles. The van der Waals surface area contributed by atoms with Crippen molar-refractivity contribution in [1.29, 1.82) is 0 Å². The molecule has 1 aliphatic carbocycles. The van der Waals surface area contributed by atoms with Gasteiger partial charge in [0.15, 0.2) is 0 Å². The zero-order chi connectivity index (χ0) is 20.8. The summed E-state index contributed by atoms with van der Waals surface area (Å²) in [6.45, 7) is 5.47. The van der Waals surface area contributed by atoms with Gasteiger partial charge < -0.3 is 10.0 Å². The smallest absolute Gasteiger partial charge is 0.254 e. The molecule has 1 saturated heterocycles.